The summed E-state index contributed by atoms with van der Waals surface area (Å²) in [4.78, 5) is 16.6. The second-order valence-corrected chi connectivity index (χ2v) is 6.43. The van der Waals surface area contributed by atoms with Gasteiger partial charge in [0.05, 0.1) is 11.9 Å². The van der Waals surface area contributed by atoms with E-state index in [1.54, 1.807) is 0 Å². The summed E-state index contributed by atoms with van der Waals surface area (Å²) >= 11 is 0. The number of nitrogens with zero attached hydrogens (tertiary/aromatic N) is 4. The Hall–Kier alpha value is -1.52. The van der Waals surface area contributed by atoms with Crippen LogP contribution in [0, 0.1) is 11.3 Å². The van der Waals surface area contributed by atoms with Gasteiger partial charge in [-0.05, 0) is 11.8 Å². The van der Waals surface area contributed by atoms with Gasteiger partial charge in [-0.1, -0.05) is 13.8 Å². The van der Waals surface area contributed by atoms with E-state index in [4.69, 9.17) is 0 Å². The minimum Gasteiger partial charge on any atom is -0.365 e. The lowest BCUT2D eigenvalue weighted by molar-refractivity contribution is -0.133. The zero-order valence-corrected chi connectivity index (χ0v) is 12.0. The van der Waals surface area contributed by atoms with Crippen molar-refractivity contribution in [2.75, 3.05) is 31.1 Å². The summed E-state index contributed by atoms with van der Waals surface area (Å²) in [5, 5.41) is 4.20. The molecule has 3 rings (SSSR count). The summed E-state index contributed by atoms with van der Waals surface area (Å²) in [7, 11) is 1.93. The Morgan fingerprint density at radius 1 is 1.32 bits per heavy atom. The third-order valence-corrected chi connectivity index (χ3v) is 4.46. The molecular weight excluding hydrogens is 240 g/mol. The Bertz CT molecular complexity index is 485. The van der Waals surface area contributed by atoms with E-state index in [2.05, 4.69) is 23.8 Å². The van der Waals surface area contributed by atoms with E-state index in [1.165, 1.54) is 0 Å². The highest BCUT2D eigenvalue weighted by atomic mass is 16.2. The van der Waals surface area contributed by atoms with Crippen molar-refractivity contribution in [3.63, 3.8) is 0 Å². The number of carbonyl (C=O) groups excluding carboxylic acids is 1. The number of amides is 1. The molecular formula is C14H22N4O. The number of aromatic nitrogens is 2. The molecule has 0 aromatic carbocycles. The highest BCUT2D eigenvalue weighted by Crippen LogP contribution is 2.52. The lowest BCUT2D eigenvalue weighted by Gasteiger charge is -2.35. The number of hydrogen-bond donors (Lipinski definition) is 0. The molecule has 0 spiro atoms. The molecule has 1 amide bonds. The number of aryl methyl sites for hydroxylation is 1. The molecule has 104 valence electrons. The Kier molecular flexibility index (Phi) is 2.80. The van der Waals surface area contributed by atoms with Crippen LogP contribution in [0.15, 0.2) is 12.4 Å². The molecule has 0 bridgehead atoms. The van der Waals surface area contributed by atoms with E-state index in [0.717, 1.165) is 38.3 Å². The fourth-order valence-electron chi connectivity index (χ4n) is 2.87. The summed E-state index contributed by atoms with van der Waals surface area (Å²) in [5.74, 6) is 0.619. The van der Waals surface area contributed by atoms with E-state index in [1.807, 2.05) is 29.0 Å². The van der Waals surface area contributed by atoms with E-state index >= 15 is 0 Å². The summed E-state index contributed by atoms with van der Waals surface area (Å²) in [6.07, 6.45) is 4.97. The van der Waals surface area contributed by atoms with Gasteiger partial charge in [0, 0.05) is 45.3 Å². The molecule has 5 heteroatoms. The molecule has 1 saturated carbocycles. The van der Waals surface area contributed by atoms with Crippen LogP contribution in [0.3, 0.4) is 0 Å². The molecule has 1 aliphatic heterocycles. The quantitative estimate of drug-likeness (QED) is 0.802. The molecule has 2 heterocycles. The van der Waals surface area contributed by atoms with Gasteiger partial charge in [0.2, 0.25) is 5.91 Å². The smallest absolute Gasteiger partial charge is 0.226 e. The van der Waals surface area contributed by atoms with Gasteiger partial charge < -0.3 is 9.80 Å². The minimum atomic E-state index is 0.234. The van der Waals surface area contributed by atoms with Gasteiger partial charge in [-0.15, -0.1) is 0 Å². The third kappa shape index (κ3) is 2.33. The van der Waals surface area contributed by atoms with Crippen LogP contribution in [0.5, 0.6) is 0 Å². The molecule has 2 aliphatic rings. The first kappa shape index (κ1) is 12.5. The zero-order valence-electron chi connectivity index (χ0n) is 12.0. The highest BCUT2D eigenvalue weighted by molar-refractivity contribution is 5.82. The molecule has 1 aliphatic carbocycles. The summed E-state index contributed by atoms with van der Waals surface area (Å²) in [6, 6.07) is 0. The second-order valence-electron chi connectivity index (χ2n) is 6.43. The number of carbonyl (C=O) groups is 1. The van der Waals surface area contributed by atoms with Gasteiger partial charge >= 0.3 is 0 Å². The molecule has 0 radical (unpaired) electrons. The molecule has 2 fully saturated rings. The molecule has 1 atom stereocenters. The Morgan fingerprint density at radius 2 is 1.95 bits per heavy atom. The van der Waals surface area contributed by atoms with Gasteiger partial charge in [-0.3, -0.25) is 9.48 Å². The number of rotatable bonds is 2. The molecule has 0 unspecified atom stereocenters. The average molecular weight is 262 g/mol. The molecule has 1 aromatic rings. The van der Waals surface area contributed by atoms with Gasteiger partial charge in [-0.25, -0.2) is 0 Å². The van der Waals surface area contributed by atoms with Crippen molar-refractivity contribution < 1.29 is 4.79 Å². The Morgan fingerprint density at radius 3 is 2.42 bits per heavy atom. The second kappa shape index (κ2) is 4.25. The van der Waals surface area contributed by atoms with Crippen molar-refractivity contribution in [3.05, 3.63) is 12.4 Å². The first-order valence-electron chi connectivity index (χ1n) is 7.00. The van der Waals surface area contributed by atoms with Crippen molar-refractivity contribution in [1.29, 1.82) is 0 Å². The van der Waals surface area contributed by atoms with Gasteiger partial charge in [-0.2, -0.15) is 5.10 Å². The molecule has 5 nitrogen and oxygen atoms in total. The maximum Gasteiger partial charge on any atom is 0.226 e. The number of piperazine rings is 1. The first-order chi connectivity index (χ1) is 8.97. The van der Waals surface area contributed by atoms with Crippen LogP contribution in [0.1, 0.15) is 20.3 Å². The fourth-order valence-corrected chi connectivity index (χ4v) is 2.87. The number of hydrogen-bond acceptors (Lipinski definition) is 3. The predicted octanol–water partition coefficient (Wildman–Crippen LogP) is 1.11. The third-order valence-electron chi connectivity index (χ3n) is 4.46. The van der Waals surface area contributed by atoms with Crippen LogP contribution in [0.4, 0.5) is 5.69 Å². The van der Waals surface area contributed by atoms with E-state index in [0.29, 0.717) is 5.91 Å². The van der Waals surface area contributed by atoms with Crippen LogP contribution in [0.2, 0.25) is 0 Å². The largest absolute Gasteiger partial charge is 0.365 e. The van der Waals surface area contributed by atoms with Crippen LogP contribution in [0.25, 0.3) is 0 Å². The van der Waals surface area contributed by atoms with Crippen molar-refractivity contribution in [2.45, 2.75) is 20.3 Å². The van der Waals surface area contributed by atoms with Crippen molar-refractivity contribution in [2.24, 2.45) is 18.4 Å². The van der Waals surface area contributed by atoms with Crippen molar-refractivity contribution >= 4 is 11.6 Å². The molecule has 1 aromatic heterocycles. The summed E-state index contributed by atoms with van der Waals surface area (Å²) in [6.45, 7) is 7.85. The normalized spacial score (nSPS) is 25.5. The highest BCUT2D eigenvalue weighted by Gasteiger charge is 2.52. The monoisotopic (exact) mass is 262 g/mol. The number of anilines is 1. The standard InChI is InChI=1S/C14H22N4O/c1-14(2)8-12(14)13(19)18-6-4-17(5-7-18)11-9-15-16(3)10-11/h9-10,12H,4-8H2,1-3H3/t12-/m1/s1. The van der Waals surface area contributed by atoms with Gasteiger partial charge in [0.1, 0.15) is 0 Å². The fraction of sp³-hybridized carbons (Fsp3) is 0.714. The van der Waals surface area contributed by atoms with Crippen molar-refractivity contribution in [1.82, 2.24) is 14.7 Å². The molecule has 19 heavy (non-hydrogen) atoms. The zero-order chi connectivity index (χ0) is 13.6. The predicted molar refractivity (Wildman–Crippen MR) is 73.9 cm³/mol. The maximum absolute atomic E-state index is 12.3. The average Bonchev–Trinajstić information content (AvgIpc) is 2.82. The van der Waals surface area contributed by atoms with Crippen LogP contribution in [-0.4, -0.2) is 46.8 Å². The van der Waals surface area contributed by atoms with E-state index in [-0.39, 0.29) is 11.3 Å². The maximum atomic E-state index is 12.3. The minimum absolute atomic E-state index is 0.234. The van der Waals surface area contributed by atoms with E-state index < -0.39 is 0 Å². The van der Waals surface area contributed by atoms with Gasteiger partial charge in [0.15, 0.2) is 0 Å². The Balaban J connectivity index is 1.56. The van der Waals surface area contributed by atoms with Crippen LogP contribution >= 0.6 is 0 Å². The molecule has 0 N–H and O–H groups in total. The van der Waals surface area contributed by atoms with Crippen LogP contribution in [-0.2, 0) is 11.8 Å². The topological polar surface area (TPSA) is 41.4 Å². The van der Waals surface area contributed by atoms with Crippen molar-refractivity contribution in [3.8, 4) is 0 Å². The van der Waals surface area contributed by atoms with E-state index in [9.17, 15) is 4.79 Å². The van der Waals surface area contributed by atoms with Gasteiger partial charge in [0.25, 0.3) is 0 Å². The lowest BCUT2D eigenvalue weighted by atomic mass is 10.1. The molecule has 1 saturated heterocycles. The summed E-state index contributed by atoms with van der Waals surface area (Å²) in [5.41, 5.74) is 1.39. The Labute approximate surface area is 114 Å². The SMILES string of the molecule is Cn1cc(N2CCN(C(=O)[C@H]3CC3(C)C)CC2)cn1. The summed E-state index contributed by atoms with van der Waals surface area (Å²) < 4.78 is 1.82. The lowest BCUT2D eigenvalue weighted by Crippen LogP contribution is -2.49. The first-order valence-corrected chi connectivity index (χ1v) is 7.00. The van der Waals surface area contributed by atoms with Crippen LogP contribution < -0.4 is 4.90 Å².